The van der Waals surface area contributed by atoms with Crippen LogP contribution in [0.15, 0.2) is 0 Å². The largest absolute Gasteiger partial charge is 0.466 e. The smallest absolute Gasteiger partial charge is 0.313 e. The predicted octanol–water partition coefficient (Wildman–Crippen LogP) is 0.706. The van der Waals surface area contributed by atoms with Crippen LogP contribution >= 0.6 is 0 Å². The van der Waals surface area contributed by atoms with E-state index in [1.807, 2.05) is 0 Å². The molecule has 0 heterocycles. The van der Waals surface area contributed by atoms with E-state index in [0.717, 1.165) is 0 Å². The highest BCUT2D eigenvalue weighted by atomic mass is 19.3. The molecule has 0 aliphatic carbocycles. The Balaban J connectivity index is 3.78. The average molecular weight is 223 g/mol. The van der Waals surface area contributed by atoms with E-state index in [0.29, 0.717) is 0 Å². The highest BCUT2D eigenvalue weighted by Crippen LogP contribution is 1.97. The van der Waals surface area contributed by atoms with Gasteiger partial charge >= 0.3 is 5.97 Å². The summed E-state index contributed by atoms with van der Waals surface area (Å²) in [6.07, 6.45) is -2.84. The first-order valence-corrected chi connectivity index (χ1v) is 4.59. The van der Waals surface area contributed by atoms with Crippen LogP contribution in [0.3, 0.4) is 0 Å². The molecule has 15 heavy (non-hydrogen) atoms. The molecule has 0 aromatic carbocycles. The molecular weight excluding hydrogens is 208 g/mol. The van der Waals surface area contributed by atoms with Gasteiger partial charge in [-0.3, -0.25) is 14.5 Å². The van der Waals surface area contributed by atoms with Gasteiger partial charge in [-0.15, -0.1) is 0 Å². The van der Waals surface area contributed by atoms with Crippen LogP contribution in [0.1, 0.15) is 13.3 Å². The lowest BCUT2D eigenvalue weighted by Crippen LogP contribution is -2.31. The van der Waals surface area contributed by atoms with Gasteiger partial charge in [0.15, 0.2) is 5.78 Å². The van der Waals surface area contributed by atoms with Gasteiger partial charge in [-0.2, -0.15) is 0 Å². The summed E-state index contributed by atoms with van der Waals surface area (Å²) in [5.41, 5.74) is 0. The topological polar surface area (TPSA) is 46.6 Å². The Labute approximate surface area is 87.2 Å². The van der Waals surface area contributed by atoms with Gasteiger partial charge in [-0.25, -0.2) is 8.78 Å². The highest BCUT2D eigenvalue weighted by Gasteiger charge is 2.14. The van der Waals surface area contributed by atoms with Crippen molar-refractivity contribution in [3.8, 4) is 0 Å². The van der Waals surface area contributed by atoms with Crippen molar-refractivity contribution in [2.75, 3.05) is 26.7 Å². The molecule has 0 aromatic rings. The molecule has 0 N–H and O–H groups in total. The first-order chi connectivity index (χ1) is 6.95. The van der Waals surface area contributed by atoms with Gasteiger partial charge in [0, 0.05) is 0 Å². The van der Waals surface area contributed by atoms with E-state index < -0.39 is 24.7 Å². The van der Waals surface area contributed by atoms with Crippen molar-refractivity contribution < 1.29 is 23.1 Å². The number of alkyl halides is 2. The number of carbonyl (C=O) groups is 2. The van der Waals surface area contributed by atoms with Crippen LogP contribution in [0.4, 0.5) is 8.78 Å². The van der Waals surface area contributed by atoms with Gasteiger partial charge in [-0.05, 0) is 14.0 Å². The Kier molecular flexibility index (Phi) is 6.77. The Morgan fingerprint density at radius 3 is 2.47 bits per heavy atom. The molecule has 0 amide bonds. The number of hydrogen-bond donors (Lipinski definition) is 0. The summed E-state index contributed by atoms with van der Waals surface area (Å²) in [6, 6.07) is 0. The van der Waals surface area contributed by atoms with E-state index in [9.17, 15) is 18.4 Å². The van der Waals surface area contributed by atoms with Gasteiger partial charge in [0.05, 0.1) is 19.7 Å². The van der Waals surface area contributed by atoms with Crippen LogP contribution < -0.4 is 0 Å². The second-order valence-electron chi connectivity index (χ2n) is 3.11. The average Bonchev–Trinajstić information content (AvgIpc) is 2.00. The zero-order valence-corrected chi connectivity index (χ0v) is 8.83. The minimum absolute atomic E-state index is 0.164. The summed E-state index contributed by atoms with van der Waals surface area (Å²) in [5, 5.41) is 0. The predicted molar refractivity (Wildman–Crippen MR) is 49.8 cm³/mol. The molecular formula is C9H15F2NO3. The molecule has 0 unspecified atom stereocenters. The Hall–Kier alpha value is -1.04. The van der Waals surface area contributed by atoms with Gasteiger partial charge in [0.25, 0.3) is 6.43 Å². The third-order valence-corrected chi connectivity index (χ3v) is 1.54. The Bertz CT molecular complexity index is 221. The maximum absolute atomic E-state index is 11.9. The lowest BCUT2D eigenvalue weighted by atomic mass is 10.2. The van der Waals surface area contributed by atoms with Crippen LogP contribution in [0, 0.1) is 0 Å². The summed E-state index contributed by atoms with van der Waals surface area (Å²) in [6.45, 7) is 1.20. The zero-order chi connectivity index (χ0) is 11.8. The zero-order valence-electron chi connectivity index (χ0n) is 8.83. The fourth-order valence-electron chi connectivity index (χ4n) is 1.03. The van der Waals surface area contributed by atoms with Crippen LogP contribution in [-0.2, 0) is 14.3 Å². The van der Waals surface area contributed by atoms with E-state index in [1.165, 1.54) is 11.9 Å². The summed E-state index contributed by atoms with van der Waals surface area (Å²) >= 11 is 0. The second-order valence-corrected chi connectivity index (χ2v) is 3.11. The molecule has 0 aromatic heterocycles. The van der Waals surface area contributed by atoms with Crippen molar-refractivity contribution in [3.63, 3.8) is 0 Å². The van der Waals surface area contributed by atoms with Crippen molar-refractivity contribution in [1.29, 1.82) is 0 Å². The maximum atomic E-state index is 11.9. The molecule has 0 spiro atoms. The van der Waals surface area contributed by atoms with Crippen LogP contribution in [0.5, 0.6) is 0 Å². The third-order valence-electron chi connectivity index (χ3n) is 1.54. The molecule has 0 saturated carbocycles. The Morgan fingerprint density at radius 2 is 2.00 bits per heavy atom. The number of esters is 1. The molecule has 0 radical (unpaired) electrons. The number of hydrogen-bond acceptors (Lipinski definition) is 4. The lowest BCUT2D eigenvalue weighted by molar-refractivity contribution is -0.145. The van der Waals surface area contributed by atoms with E-state index in [4.69, 9.17) is 0 Å². The first-order valence-electron chi connectivity index (χ1n) is 4.59. The van der Waals surface area contributed by atoms with Crippen molar-refractivity contribution in [1.82, 2.24) is 4.90 Å². The van der Waals surface area contributed by atoms with Crippen molar-refractivity contribution in [2.24, 2.45) is 0 Å². The van der Waals surface area contributed by atoms with E-state index in [1.54, 1.807) is 6.92 Å². The SMILES string of the molecule is CCOC(=O)CC(=O)CN(C)CC(F)F. The number of halogens is 2. The molecule has 0 fully saturated rings. The van der Waals surface area contributed by atoms with E-state index in [-0.39, 0.29) is 19.6 Å². The highest BCUT2D eigenvalue weighted by molar-refractivity contribution is 5.96. The molecule has 6 heteroatoms. The minimum atomic E-state index is -2.48. The number of nitrogens with zero attached hydrogens (tertiary/aromatic N) is 1. The fraction of sp³-hybridized carbons (Fsp3) is 0.778. The van der Waals surface area contributed by atoms with Crippen LogP contribution in [0.2, 0.25) is 0 Å². The maximum Gasteiger partial charge on any atom is 0.313 e. The minimum Gasteiger partial charge on any atom is -0.466 e. The van der Waals surface area contributed by atoms with Crippen LogP contribution in [0.25, 0.3) is 0 Å². The number of likely N-dealkylation sites (N-methyl/N-ethyl adjacent to an activating group) is 1. The third kappa shape index (κ3) is 7.99. The van der Waals surface area contributed by atoms with Crippen molar-refractivity contribution in [2.45, 2.75) is 19.8 Å². The standard InChI is InChI=1S/C9H15F2NO3/c1-3-15-9(14)4-7(13)5-12(2)6-8(10)11/h8H,3-6H2,1-2H3. The molecule has 0 aliphatic rings. The molecule has 0 aliphatic heterocycles. The van der Waals surface area contributed by atoms with Gasteiger partial charge < -0.3 is 4.74 Å². The van der Waals surface area contributed by atoms with Crippen LogP contribution in [-0.4, -0.2) is 49.8 Å². The van der Waals surface area contributed by atoms with E-state index in [2.05, 4.69) is 4.74 Å². The fourth-order valence-corrected chi connectivity index (χ4v) is 1.03. The molecule has 4 nitrogen and oxygen atoms in total. The summed E-state index contributed by atoms with van der Waals surface area (Å²) in [4.78, 5) is 23.2. The molecule has 0 atom stereocenters. The lowest BCUT2D eigenvalue weighted by Gasteiger charge is -2.14. The number of carbonyl (C=O) groups excluding carboxylic acids is 2. The molecule has 88 valence electrons. The van der Waals surface area contributed by atoms with E-state index >= 15 is 0 Å². The molecule has 0 saturated heterocycles. The quantitative estimate of drug-likeness (QED) is 0.471. The number of rotatable bonds is 7. The summed E-state index contributed by atoms with van der Waals surface area (Å²) in [5.74, 6) is -1.04. The monoisotopic (exact) mass is 223 g/mol. The molecule has 0 bridgehead atoms. The number of Topliss-reactive ketones (excluding diaryl/α,β-unsaturated/α-hetero) is 1. The number of ketones is 1. The Morgan fingerprint density at radius 1 is 1.40 bits per heavy atom. The van der Waals surface area contributed by atoms with Gasteiger partial charge in [0.2, 0.25) is 0 Å². The van der Waals surface area contributed by atoms with Gasteiger partial charge in [-0.1, -0.05) is 0 Å². The molecule has 0 rings (SSSR count). The second kappa shape index (κ2) is 7.28. The van der Waals surface area contributed by atoms with Crippen molar-refractivity contribution in [3.05, 3.63) is 0 Å². The normalized spacial score (nSPS) is 10.8. The van der Waals surface area contributed by atoms with Crippen molar-refractivity contribution >= 4 is 11.8 Å². The first kappa shape index (κ1) is 14.0. The number of ether oxygens (including phenoxy) is 1. The van der Waals surface area contributed by atoms with Gasteiger partial charge in [0.1, 0.15) is 6.42 Å². The summed E-state index contributed by atoms with van der Waals surface area (Å²) in [7, 11) is 1.40. The summed E-state index contributed by atoms with van der Waals surface area (Å²) < 4.78 is 28.3.